The molecule has 94 valence electrons. The first-order chi connectivity index (χ1) is 7.49. The third kappa shape index (κ3) is 5.46. The highest BCUT2D eigenvalue weighted by Crippen LogP contribution is 2.07. The molecule has 0 aromatic rings. The van der Waals surface area contributed by atoms with Crippen LogP contribution in [-0.2, 0) is 14.6 Å². The second kappa shape index (κ2) is 6.20. The maximum Gasteiger partial charge on any atom is 0.236 e. The number of likely N-dealkylation sites (tertiary alicyclic amines) is 1. The number of amides is 1. The van der Waals surface area contributed by atoms with E-state index in [0.717, 1.165) is 25.9 Å². The Labute approximate surface area is 97.1 Å². The van der Waals surface area contributed by atoms with Crippen LogP contribution in [0, 0.1) is 0 Å². The SMILES string of the molecule is CS(=O)(=O)CCNCC(=O)N1CCCCC1. The van der Waals surface area contributed by atoms with Crippen molar-refractivity contribution < 1.29 is 13.2 Å². The molecule has 1 aliphatic rings. The van der Waals surface area contributed by atoms with Crippen LogP contribution in [0.15, 0.2) is 0 Å². The molecule has 0 atom stereocenters. The molecular weight excluding hydrogens is 228 g/mol. The molecule has 0 saturated carbocycles. The van der Waals surface area contributed by atoms with Crippen LogP contribution in [-0.4, -0.2) is 57.4 Å². The summed E-state index contributed by atoms with van der Waals surface area (Å²) in [7, 11) is -2.93. The molecule has 0 aliphatic carbocycles. The van der Waals surface area contributed by atoms with Crippen LogP contribution in [0.3, 0.4) is 0 Å². The third-order valence-corrected chi connectivity index (χ3v) is 3.58. The molecule has 0 bridgehead atoms. The van der Waals surface area contributed by atoms with Gasteiger partial charge in [0.25, 0.3) is 0 Å². The van der Waals surface area contributed by atoms with Crippen molar-refractivity contribution in [2.75, 3.05) is 38.2 Å². The molecular formula is C10H20N2O3S. The first-order valence-electron chi connectivity index (χ1n) is 5.65. The van der Waals surface area contributed by atoms with Crippen LogP contribution in [0.1, 0.15) is 19.3 Å². The minimum absolute atomic E-state index is 0.0770. The van der Waals surface area contributed by atoms with E-state index in [0.29, 0.717) is 6.54 Å². The van der Waals surface area contributed by atoms with Crippen molar-refractivity contribution in [3.8, 4) is 0 Å². The lowest BCUT2D eigenvalue weighted by molar-refractivity contribution is -0.131. The van der Waals surface area contributed by atoms with E-state index in [4.69, 9.17) is 0 Å². The van der Waals surface area contributed by atoms with Crippen molar-refractivity contribution in [3.63, 3.8) is 0 Å². The van der Waals surface area contributed by atoms with Gasteiger partial charge in [0.15, 0.2) is 0 Å². The summed E-state index contributed by atoms with van der Waals surface area (Å²) in [5, 5.41) is 2.87. The summed E-state index contributed by atoms with van der Waals surface area (Å²) in [4.78, 5) is 13.5. The van der Waals surface area contributed by atoms with Crippen molar-refractivity contribution in [2.24, 2.45) is 0 Å². The van der Waals surface area contributed by atoms with E-state index in [2.05, 4.69) is 5.32 Å². The van der Waals surface area contributed by atoms with E-state index in [1.807, 2.05) is 4.90 Å². The van der Waals surface area contributed by atoms with Gasteiger partial charge in [0.1, 0.15) is 9.84 Å². The van der Waals surface area contributed by atoms with Gasteiger partial charge in [-0.05, 0) is 19.3 Å². The van der Waals surface area contributed by atoms with Crippen molar-refractivity contribution in [2.45, 2.75) is 19.3 Å². The van der Waals surface area contributed by atoms with Gasteiger partial charge in [0.05, 0.1) is 12.3 Å². The minimum atomic E-state index is -2.93. The number of sulfone groups is 1. The van der Waals surface area contributed by atoms with Crippen molar-refractivity contribution >= 4 is 15.7 Å². The normalized spacial score (nSPS) is 17.4. The molecule has 0 radical (unpaired) electrons. The highest BCUT2D eigenvalue weighted by Gasteiger charge is 2.15. The Hall–Kier alpha value is -0.620. The average Bonchev–Trinajstić information content (AvgIpc) is 2.24. The van der Waals surface area contributed by atoms with Gasteiger partial charge in [-0.1, -0.05) is 0 Å². The number of carbonyl (C=O) groups excluding carboxylic acids is 1. The predicted octanol–water partition coefficient (Wildman–Crippen LogP) is -0.367. The fourth-order valence-corrected chi connectivity index (χ4v) is 2.22. The Balaban J connectivity index is 2.14. The number of piperidine rings is 1. The molecule has 1 fully saturated rings. The summed E-state index contributed by atoms with van der Waals surface area (Å²) in [6, 6.07) is 0. The van der Waals surface area contributed by atoms with Crippen LogP contribution < -0.4 is 5.32 Å². The van der Waals surface area contributed by atoms with Crippen molar-refractivity contribution in [1.82, 2.24) is 10.2 Å². The monoisotopic (exact) mass is 248 g/mol. The lowest BCUT2D eigenvalue weighted by Gasteiger charge is -2.26. The minimum Gasteiger partial charge on any atom is -0.342 e. The number of nitrogens with one attached hydrogen (secondary N) is 1. The predicted molar refractivity (Wildman–Crippen MR) is 63.0 cm³/mol. The molecule has 1 aliphatic heterocycles. The van der Waals surface area contributed by atoms with Gasteiger partial charge in [-0.2, -0.15) is 0 Å². The zero-order chi connectivity index (χ0) is 12.0. The second-order valence-corrected chi connectivity index (χ2v) is 6.51. The summed E-state index contributed by atoms with van der Waals surface area (Å²) in [6.45, 7) is 2.27. The molecule has 0 unspecified atom stereocenters. The molecule has 0 aromatic heterocycles. The highest BCUT2D eigenvalue weighted by molar-refractivity contribution is 7.90. The number of hydrogen-bond acceptors (Lipinski definition) is 4. The zero-order valence-electron chi connectivity index (χ0n) is 9.74. The quantitative estimate of drug-likeness (QED) is 0.674. The fourth-order valence-electron chi connectivity index (χ4n) is 1.71. The maximum atomic E-state index is 11.6. The lowest BCUT2D eigenvalue weighted by Crippen LogP contribution is -2.41. The average molecular weight is 248 g/mol. The summed E-state index contributed by atoms with van der Waals surface area (Å²) in [5.41, 5.74) is 0. The smallest absolute Gasteiger partial charge is 0.236 e. The summed E-state index contributed by atoms with van der Waals surface area (Å²) < 4.78 is 21.7. The molecule has 0 spiro atoms. The molecule has 6 heteroatoms. The maximum absolute atomic E-state index is 11.6. The molecule has 16 heavy (non-hydrogen) atoms. The fraction of sp³-hybridized carbons (Fsp3) is 0.900. The number of nitrogens with zero attached hydrogens (tertiary/aromatic N) is 1. The van der Waals surface area contributed by atoms with E-state index in [9.17, 15) is 13.2 Å². The van der Waals surface area contributed by atoms with Crippen molar-refractivity contribution in [3.05, 3.63) is 0 Å². The van der Waals surface area contributed by atoms with Crippen molar-refractivity contribution in [1.29, 1.82) is 0 Å². The van der Waals surface area contributed by atoms with E-state index in [1.54, 1.807) is 0 Å². The van der Waals surface area contributed by atoms with Crippen LogP contribution in [0.2, 0.25) is 0 Å². The molecule has 1 rings (SSSR count). The number of hydrogen-bond donors (Lipinski definition) is 1. The Morgan fingerprint density at radius 2 is 1.88 bits per heavy atom. The second-order valence-electron chi connectivity index (χ2n) is 4.25. The Morgan fingerprint density at radius 1 is 1.25 bits per heavy atom. The number of carbonyl (C=O) groups is 1. The van der Waals surface area contributed by atoms with Gasteiger partial charge in [-0.3, -0.25) is 4.79 Å². The van der Waals surface area contributed by atoms with Gasteiger partial charge in [0.2, 0.25) is 5.91 Å². The lowest BCUT2D eigenvalue weighted by atomic mass is 10.1. The number of rotatable bonds is 5. The van der Waals surface area contributed by atoms with E-state index in [1.165, 1.54) is 12.7 Å². The van der Waals surface area contributed by atoms with Crippen LogP contribution >= 0.6 is 0 Å². The summed E-state index contributed by atoms with van der Waals surface area (Å²) in [5.74, 6) is 0.161. The molecule has 1 heterocycles. The molecule has 1 amide bonds. The van der Waals surface area contributed by atoms with Gasteiger partial charge in [0, 0.05) is 25.9 Å². The zero-order valence-corrected chi connectivity index (χ0v) is 10.6. The van der Waals surface area contributed by atoms with Crippen LogP contribution in [0.5, 0.6) is 0 Å². The largest absolute Gasteiger partial charge is 0.342 e. The van der Waals surface area contributed by atoms with E-state index in [-0.39, 0.29) is 18.2 Å². The van der Waals surface area contributed by atoms with E-state index < -0.39 is 9.84 Å². The molecule has 1 N–H and O–H groups in total. The Bertz CT molecular complexity index is 321. The first kappa shape index (κ1) is 13.4. The first-order valence-corrected chi connectivity index (χ1v) is 7.71. The van der Waals surface area contributed by atoms with Gasteiger partial charge >= 0.3 is 0 Å². The third-order valence-electron chi connectivity index (χ3n) is 2.63. The van der Waals surface area contributed by atoms with Gasteiger partial charge in [-0.15, -0.1) is 0 Å². The Kier molecular flexibility index (Phi) is 5.21. The topological polar surface area (TPSA) is 66.5 Å². The van der Waals surface area contributed by atoms with Crippen LogP contribution in [0.25, 0.3) is 0 Å². The summed E-state index contributed by atoms with van der Waals surface area (Å²) >= 11 is 0. The standard InChI is InChI=1S/C10H20N2O3S/c1-16(14,15)8-5-11-9-10(13)12-6-3-2-4-7-12/h11H,2-9H2,1H3. The van der Waals surface area contributed by atoms with Crippen LogP contribution in [0.4, 0.5) is 0 Å². The van der Waals surface area contributed by atoms with Gasteiger partial charge < -0.3 is 10.2 Å². The summed E-state index contributed by atoms with van der Waals surface area (Å²) in [6.07, 6.45) is 4.55. The molecule has 0 aromatic carbocycles. The molecule has 5 nitrogen and oxygen atoms in total. The molecule has 1 saturated heterocycles. The van der Waals surface area contributed by atoms with Gasteiger partial charge in [-0.25, -0.2) is 8.42 Å². The Morgan fingerprint density at radius 3 is 2.44 bits per heavy atom. The van der Waals surface area contributed by atoms with E-state index >= 15 is 0 Å². The highest BCUT2D eigenvalue weighted by atomic mass is 32.2.